The number of hydrogen-bond donors (Lipinski definition) is 1. The van der Waals surface area contributed by atoms with Gasteiger partial charge in [0, 0.05) is 22.7 Å². The molecule has 0 fully saturated rings. The fourth-order valence-corrected chi connectivity index (χ4v) is 4.97. The summed E-state index contributed by atoms with van der Waals surface area (Å²) in [5.74, 6) is -0.132. The molecule has 0 spiro atoms. The van der Waals surface area contributed by atoms with Gasteiger partial charge in [-0.3, -0.25) is 9.52 Å². The molecular formula is C23H24N2O4S2. The number of nitrogens with one attached hydrogen (secondary N) is 1. The van der Waals surface area contributed by atoms with Crippen molar-refractivity contribution in [1.82, 2.24) is 4.90 Å². The molecule has 6 nitrogen and oxygen atoms in total. The molecule has 2 aromatic carbocycles. The highest BCUT2D eigenvalue weighted by molar-refractivity contribution is 7.92. The largest absolute Gasteiger partial charge is 0.495 e. The number of methoxy groups -OCH3 is 1. The Balaban J connectivity index is 1.93. The summed E-state index contributed by atoms with van der Waals surface area (Å²) in [6.45, 7) is 6.40. The molecule has 3 rings (SSSR count). The summed E-state index contributed by atoms with van der Waals surface area (Å²) in [6, 6.07) is 15.3. The van der Waals surface area contributed by atoms with E-state index in [0.717, 1.165) is 10.4 Å². The highest BCUT2D eigenvalue weighted by atomic mass is 32.2. The number of benzene rings is 2. The van der Waals surface area contributed by atoms with Crippen LogP contribution in [0, 0.1) is 6.92 Å². The first-order valence-corrected chi connectivity index (χ1v) is 11.9. The topological polar surface area (TPSA) is 75.7 Å². The SMILES string of the molecule is C=CCN(Cc1cccs1)C(=O)c1ccc(OC)c(S(=O)(=O)Nc2ccc(C)cc2)c1. The number of anilines is 1. The molecular weight excluding hydrogens is 432 g/mol. The molecule has 0 saturated carbocycles. The molecule has 0 atom stereocenters. The van der Waals surface area contributed by atoms with E-state index in [-0.39, 0.29) is 22.1 Å². The van der Waals surface area contributed by atoms with Crippen LogP contribution >= 0.6 is 11.3 Å². The van der Waals surface area contributed by atoms with Gasteiger partial charge in [0.1, 0.15) is 10.6 Å². The minimum Gasteiger partial charge on any atom is -0.495 e. The van der Waals surface area contributed by atoms with Crippen LogP contribution in [-0.4, -0.2) is 32.9 Å². The van der Waals surface area contributed by atoms with Crippen LogP contribution in [0.1, 0.15) is 20.8 Å². The number of ether oxygens (including phenoxy) is 1. The van der Waals surface area contributed by atoms with E-state index in [0.29, 0.717) is 18.8 Å². The van der Waals surface area contributed by atoms with Gasteiger partial charge in [-0.15, -0.1) is 17.9 Å². The predicted molar refractivity (Wildman–Crippen MR) is 124 cm³/mol. The number of sulfonamides is 1. The van der Waals surface area contributed by atoms with Gasteiger partial charge in [-0.05, 0) is 48.7 Å². The van der Waals surface area contributed by atoms with E-state index in [2.05, 4.69) is 11.3 Å². The molecule has 1 N–H and O–H groups in total. The number of carbonyl (C=O) groups is 1. The van der Waals surface area contributed by atoms with Crippen LogP contribution in [0.4, 0.5) is 5.69 Å². The van der Waals surface area contributed by atoms with Crippen molar-refractivity contribution in [2.45, 2.75) is 18.4 Å². The molecule has 31 heavy (non-hydrogen) atoms. The number of amides is 1. The maximum absolute atomic E-state index is 13.2. The van der Waals surface area contributed by atoms with Gasteiger partial charge >= 0.3 is 0 Å². The molecule has 0 aliphatic carbocycles. The summed E-state index contributed by atoms with van der Waals surface area (Å²) in [5, 5.41) is 1.95. The van der Waals surface area contributed by atoms with Crippen molar-refractivity contribution < 1.29 is 17.9 Å². The summed E-state index contributed by atoms with van der Waals surface area (Å²) in [7, 11) is -2.59. The number of rotatable bonds is 9. The molecule has 0 unspecified atom stereocenters. The number of carbonyl (C=O) groups excluding carboxylic acids is 1. The Kier molecular flexibility index (Phi) is 7.14. The molecule has 0 aliphatic rings. The van der Waals surface area contributed by atoms with Crippen LogP contribution in [0.25, 0.3) is 0 Å². The Morgan fingerprint density at radius 3 is 2.55 bits per heavy atom. The van der Waals surface area contributed by atoms with E-state index in [1.165, 1.54) is 19.2 Å². The summed E-state index contributed by atoms with van der Waals surface area (Å²) in [4.78, 5) is 15.7. The summed E-state index contributed by atoms with van der Waals surface area (Å²) < 4.78 is 33.9. The zero-order valence-electron chi connectivity index (χ0n) is 17.4. The third-order valence-electron chi connectivity index (χ3n) is 4.57. The molecule has 0 aliphatic heterocycles. The van der Waals surface area contributed by atoms with Gasteiger partial charge in [0.15, 0.2) is 0 Å². The van der Waals surface area contributed by atoms with Crippen molar-refractivity contribution in [3.63, 3.8) is 0 Å². The Labute approximate surface area is 186 Å². The lowest BCUT2D eigenvalue weighted by Crippen LogP contribution is -2.30. The number of hydrogen-bond acceptors (Lipinski definition) is 5. The van der Waals surface area contributed by atoms with Gasteiger partial charge in [-0.1, -0.05) is 29.8 Å². The highest BCUT2D eigenvalue weighted by Crippen LogP contribution is 2.28. The van der Waals surface area contributed by atoms with Crippen LogP contribution in [0.3, 0.4) is 0 Å². The number of thiophene rings is 1. The molecule has 1 heterocycles. The maximum Gasteiger partial charge on any atom is 0.265 e. The fourth-order valence-electron chi connectivity index (χ4n) is 3.00. The second-order valence-corrected chi connectivity index (χ2v) is 9.57. The van der Waals surface area contributed by atoms with Crippen LogP contribution in [-0.2, 0) is 16.6 Å². The van der Waals surface area contributed by atoms with E-state index >= 15 is 0 Å². The Bertz CT molecular complexity index is 1150. The molecule has 3 aromatic rings. The first-order chi connectivity index (χ1) is 14.8. The highest BCUT2D eigenvalue weighted by Gasteiger charge is 2.24. The standard InChI is InChI=1S/C23H24N2O4S2/c1-4-13-25(16-20-6-5-14-30-20)23(26)18-9-12-21(29-3)22(15-18)31(27,28)24-19-10-7-17(2)8-11-19/h4-12,14-15,24H,1,13,16H2,2-3H3. The van der Waals surface area contributed by atoms with E-state index < -0.39 is 10.0 Å². The van der Waals surface area contributed by atoms with Gasteiger partial charge in [0.2, 0.25) is 0 Å². The van der Waals surface area contributed by atoms with Crippen molar-refractivity contribution in [1.29, 1.82) is 0 Å². The minimum absolute atomic E-state index is 0.101. The van der Waals surface area contributed by atoms with Crippen molar-refractivity contribution in [2.24, 2.45) is 0 Å². The molecule has 0 radical (unpaired) electrons. The minimum atomic E-state index is -3.98. The number of nitrogens with zero attached hydrogens (tertiary/aromatic N) is 1. The Morgan fingerprint density at radius 1 is 1.19 bits per heavy atom. The third kappa shape index (κ3) is 5.53. The smallest absolute Gasteiger partial charge is 0.265 e. The zero-order valence-corrected chi connectivity index (χ0v) is 19.0. The second-order valence-electron chi connectivity index (χ2n) is 6.89. The van der Waals surface area contributed by atoms with Crippen molar-refractivity contribution in [3.05, 3.63) is 88.6 Å². The molecule has 0 bridgehead atoms. The molecule has 1 amide bonds. The number of aryl methyl sites for hydroxylation is 1. The summed E-state index contributed by atoms with van der Waals surface area (Å²) >= 11 is 1.55. The van der Waals surface area contributed by atoms with Crippen molar-refractivity contribution in [2.75, 3.05) is 18.4 Å². The lowest BCUT2D eigenvalue weighted by atomic mass is 10.2. The van der Waals surface area contributed by atoms with Gasteiger partial charge in [-0.25, -0.2) is 8.42 Å². The normalized spacial score (nSPS) is 11.0. The second kappa shape index (κ2) is 9.80. The van der Waals surface area contributed by atoms with Crippen LogP contribution in [0.5, 0.6) is 5.75 Å². The molecule has 1 aromatic heterocycles. The maximum atomic E-state index is 13.2. The lowest BCUT2D eigenvalue weighted by Gasteiger charge is -2.21. The first-order valence-electron chi connectivity index (χ1n) is 9.54. The van der Waals surface area contributed by atoms with Crippen LogP contribution < -0.4 is 9.46 Å². The predicted octanol–water partition coefficient (Wildman–Crippen LogP) is 4.69. The molecule has 8 heteroatoms. The third-order valence-corrected chi connectivity index (χ3v) is 6.83. The van der Waals surface area contributed by atoms with Crippen molar-refractivity contribution >= 4 is 33.0 Å². The Morgan fingerprint density at radius 2 is 1.94 bits per heavy atom. The van der Waals surface area contributed by atoms with E-state index in [1.54, 1.807) is 40.5 Å². The van der Waals surface area contributed by atoms with Crippen LogP contribution in [0.15, 0.2) is 77.5 Å². The average Bonchev–Trinajstić information content (AvgIpc) is 3.27. The quantitative estimate of drug-likeness (QED) is 0.474. The van der Waals surface area contributed by atoms with Crippen molar-refractivity contribution in [3.8, 4) is 5.75 Å². The van der Waals surface area contributed by atoms with E-state index in [1.807, 2.05) is 36.6 Å². The van der Waals surface area contributed by atoms with E-state index in [4.69, 9.17) is 4.74 Å². The van der Waals surface area contributed by atoms with Gasteiger partial charge in [0.05, 0.1) is 13.7 Å². The van der Waals surface area contributed by atoms with Gasteiger partial charge < -0.3 is 9.64 Å². The fraction of sp³-hybridized carbons (Fsp3) is 0.174. The molecule has 162 valence electrons. The first kappa shape index (κ1) is 22.6. The van der Waals surface area contributed by atoms with Gasteiger partial charge in [-0.2, -0.15) is 0 Å². The Hall–Kier alpha value is -3.10. The lowest BCUT2D eigenvalue weighted by molar-refractivity contribution is 0.0764. The van der Waals surface area contributed by atoms with Crippen LogP contribution in [0.2, 0.25) is 0 Å². The van der Waals surface area contributed by atoms with Gasteiger partial charge in [0.25, 0.3) is 15.9 Å². The summed E-state index contributed by atoms with van der Waals surface area (Å²) in [6.07, 6.45) is 1.64. The molecule has 0 saturated heterocycles. The van der Waals surface area contributed by atoms with E-state index in [9.17, 15) is 13.2 Å². The summed E-state index contributed by atoms with van der Waals surface area (Å²) in [5.41, 5.74) is 1.69. The monoisotopic (exact) mass is 456 g/mol. The zero-order chi connectivity index (χ0) is 22.4. The average molecular weight is 457 g/mol.